The van der Waals surface area contributed by atoms with Crippen LogP contribution in [0, 0.1) is 0 Å². The number of rotatable bonds is 3. The van der Waals surface area contributed by atoms with E-state index < -0.39 is 0 Å². The van der Waals surface area contributed by atoms with Gasteiger partial charge in [0.05, 0.1) is 11.9 Å². The van der Waals surface area contributed by atoms with Crippen molar-refractivity contribution in [3.05, 3.63) is 83.8 Å². The lowest BCUT2D eigenvalue weighted by Gasteiger charge is -2.29. The second kappa shape index (κ2) is 6.73. The first-order valence-corrected chi connectivity index (χ1v) is 8.29. The van der Waals surface area contributed by atoms with Crippen LogP contribution in [0.4, 0.5) is 11.5 Å². The van der Waals surface area contributed by atoms with Gasteiger partial charge in [0.15, 0.2) is 0 Å². The van der Waals surface area contributed by atoms with Crippen molar-refractivity contribution in [3.63, 3.8) is 0 Å². The summed E-state index contributed by atoms with van der Waals surface area (Å²) in [6, 6.07) is 15.7. The van der Waals surface area contributed by atoms with Crippen molar-refractivity contribution >= 4 is 17.4 Å². The lowest BCUT2D eigenvalue weighted by atomic mass is 10.00. The summed E-state index contributed by atoms with van der Waals surface area (Å²) >= 11 is 0. The van der Waals surface area contributed by atoms with Crippen molar-refractivity contribution in [2.45, 2.75) is 13.0 Å². The highest BCUT2D eigenvalue weighted by Gasteiger charge is 2.18. The van der Waals surface area contributed by atoms with Crippen molar-refractivity contribution in [1.29, 1.82) is 0 Å². The summed E-state index contributed by atoms with van der Waals surface area (Å²) in [7, 11) is 0. The first-order chi connectivity index (χ1) is 12.3. The molecule has 4 rings (SSSR count). The average molecular weight is 330 g/mol. The topological polar surface area (TPSA) is 58.1 Å². The van der Waals surface area contributed by atoms with Crippen LogP contribution in [0.5, 0.6) is 0 Å². The van der Waals surface area contributed by atoms with Gasteiger partial charge in [-0.15, -0.1) is 0 Å². The molecule has 2 aromatic heterocycles. The Morgan fingerprint density at radius 3 is 2.76 bits per heavy atom. The van der Waals surface area contributed by atoms with Crippen LogP contribution in [0.2, 0.25) is 0 Å². The molecule has 25 heavy (non-hydrogen) atoms. The second-order valence-corrected chi connectivity index (χ2v) is 6.04. The molecule has 1 amide bonds. The van der Waals surface area contributed by atoms with Gasteiger partial charge < -0.3 is 10.2 Å². The fourth-order valence-corrected chi connectivity index (χ4v) is 3.06. The highest BCUT2D eigenvalue weighted by molar-refractivity contribution is 6.04. The number of anilines is 2. The van der Waals surface area contributed by atoms with Crippen LogP contribution in [-0.4, -0.2) is 22.4 Å². The summed E-state index contributed by atoms with van der Waals surface area (Å²) in [6.45, 7) is 1.72. The van der Waals surface area contributed by atoms with Gasteiger partial charge in [-0.25, -0.2) is 4.98 Å². The van der Waals surface area contributed by atoms with Crippen molar-refractivity contribution in [2.24, 2.45) is 0 Å². The Morgan fingerprint density at radius 1 is 1.04 bits per heavy atom. The molecule has 1 aliphatic heterocycles. The fourth-order valence-electron chi connectivity index (χ4n) is 3.06. The van der Waals surface area contributed by atoms with E-state index in [-0.39, 0.29) is 5.91 Å². The van der Waals surface area contributed by atoms with E-state index in [2.05, 4.69) is 44.5 Å². The first-order valence-electron chi connectivity index (χ1n) is 8.29. The normalized spacial score (nSPS) is 13.2. The molecule has 0 spiro atoms. The number of pyridine rings is 2. The molecule has 0 saturated heterocycles. The molecule has 0 saturated carbocycles. The van der Waals surface area contributed by atoms with Crippen LogP contribution < -0.4 is 10.2 Å². The summed E-state index contributed by atoms with van der Waals surface area (Å²) in [6.07, 6.45) is 5.98. The highest BCUT2D eigenvalue weighted by Crippen LogP contribution is 2.23. The van der Waals surface area contributed by atoms with E-state index in [0.717, 1.165) is 25.3 Å². The molecule has 3 aromatic rings. The SMILES string of the molecule is O=C(Nc1cccnc1)c1ccnc(N2CCc3ccccc3C2)c1. The molecule has 0 aliphatic carbocycles. The molecule has 5 nitrogen and oxygen atoms in total. The van der Waals surface area contributed by atoms with E-state index in [9.17, 15) is 4.79 Å². The fraction of sp³-hybridized carbons (Fsp3) is 0.150. The van der Waals surface area contributed by atoms with E-state index in [0.29, 0.717) is 11.3 Å². The van der Waals surface area contributed by atoms with Crippen LogP contribution >= 0.6 is 0 Å². The van der Waals surface area contributed by atoms with Crippen molar-refractivity contribution < 1.29 is 4.79 Å². The van der Waals surface area contributed by atoms with Crippen LogP contribution in [-0.2, 0) is 13.0 Å². The summed E-state index contributed by atoms with van der Waals surface area (Å²) in [5.74, 6) is 0.669. The van der Waals surface area contributed by atoms with Crippen molar-refractivity contribution in [1.82, 2.24) is 9.97 Å². The lowest BCUT2D eigenvalue weighted by Crippen LogP contribution is -2.31. The van der Waals surface area contributed by atoms with E-state index in [4.69, 9.17) is 0 Å². The van der Waals surface area contributed by atoms with Gasteiger partial charge in [0, 0.05) is 31.0 Å². The molecular weight excluding hydrogens is 312 g/mol. The minimum absolute atomic E-state index is 0.158. The zero-order valence-corrected chi connectivity index (χ0v) is 13.7. The summed E-state index contributed by atoms with van der Waals surface area (Å²) in [5, 5.41) is 2.86. The average Bonchev–Trinajstić information content (AvgIpc) is 2.68. The van der Waals surface area contributed by atoms with E-state index in [1.54, 1.807) is 30.7 Å². The smallest absolute Gasteiger partial charge is 0.255 e. The largest absolute Gasteiger partial charge is 0.352 e. The number of benzene rings is 1. The number of aromatic nitrogens is 2. The van der Waals surface area contributed by atoms with E-state index >= 15 is 0 Å². The maximum atomic E-state index is 12.5. The van der Waals surface area contributed by atoms with Crippen LogP contribution in [0.25, 0.3) is 0 Å². The van der Waals surface area contributed by atoms with Gasteiger partial charge in [0.25, 0.3) is 5.91 Å². The van der Waals surface area contributed by atoms with Gasteiger partial charge in [-0.2, -0.15) is 0 Å². The molecule has 0 bridgehead atoms. The Bertz CT molecular complexity index is 895. The summed E-state index contributed by atoms with van der Waals surface area (Å²) in [5.41, 5.74) is 3.98. The number of carbonyl (C=O) groups excluding carboxylic acids is 1. The molecular formula is C20H18N4O. The van der Waals surface area contributed by atoms with Gasteiger partial charge in [0.2, 0.25) is 0 Å². The molecule has 0 fully saturated rings. The quantitative estimate of drug-likeness (QED) is 0.800. The van der Waals surface area contributed by atoms with Gasteiger partial charge >= 0.3 is 0 Å². The van der Waals surface area contributed by atoms with Gasteiger partial charge in [-0.3, -0.25) is 9.78 Å². The molecule has 0 radical (unpaired) electrons. The molecule has 0 atom stereocenters. The predicted octanol–water partition coefficient (Wildman–Crippen LogP) is 3.29. The Balaban J connectivity index is 1.53. The highest BCUT2D eigenvalue weighted by atomic mass is 16.1. The van der Waals surface area contributed by atoms with E-state index in [1.807, 2.05) is 12.1 Å². The number of hydrogen-bond donors (Lipinski definition) is 1. The second-order valence-electron chi connectivity index (χ2n) is 6.04. The Kier molecular flexibility index (Phi) is 4.12. The van der Waals surface area contributed by atoms with Crippen LogP contribution in [0.3, 0.4) is 0 Å². The Labute approximate surface area is 146 Å². The molecule has 124 valence electrons. The van der Waals surface area contributed by atoms with Crippen molar-refractivity contribution in [2.75, 3.05) is 16.8 Å². The van der Waals surface area contributed by atoms with Gasteiger partial charge in [-0.05, 0) is 41.8 Å². The van der Waals surface area contributed by atoms with Crippen LogP contribution in [0.15, 0.2) is 67.1 Å². The summed E-state index contributed by atoms with van der Waals surface area (Å²) < 4.78 is 0. The maximum absolute atomic E-state index is 12.5. The third-order valence-corrected chi connectivity index (χ3v) is 4.38. The number of hydrogen-bond acceptors (Lipinski definition) is 4. The van der Waals surface area contributed by atoms with Crippen molar-refractivity contribution in [3.8, 4) is 0 Å². The number of amides is 1. The molecule has 5 heteroatoms. The molecule has 0 unspecified atom stereocenters. The van der Waals surface area contributed by atoms with E-state index in [1.165, 1.54) is 11.1 Å². The zero-order chi connectivity index (χ0) is 17.1. The summed E-state index contributed by atoms with van der Waals surface area (Å²) in [4.78, 5) is 23.1. The van der Waals surface area contributed by atoms with Gasteiger partial charge in [0.1, 0.15) is 5.82 Å². The minimum atomic E-state index is -0.158. The monoisotopic (exact) mass is 330 g/mol. The number of nitrogens with zero attached hydrogens (tertiary/aromatic N) is 3. The van der Waals surface area contributed by atoms with Gasteiger partial charge in [-0.1, -0.05) is 24.3 Å². The number of fused-ring (bicyclic) bond motifs is 1. The minimum Gasteiger partial charge on any atom is -0.352 e. The molecule has 3 heterocycles. The third-order valence-electron chi connectivity index (χ3n) is 4.38. The maximum Gasteiger partial charge on any atom is 0.255 e. The standard InChI is InChI=1S/C20H18N4O/c25-20(23-18-6-3-9-21-13-18)16-7-10-22-19(12-16)24-11-8-15-4-1-2-5-17(15)14-24/h1-7,9-10,12-13H,8,11,14H2,(H,23,25). The number of nitrogens with one attached hydrogen (secondary N) is 1. The molecule has 1 aliphatic rings. The van der Waals surface area contributed by atoms with Crippen LogP contribution in [0.1, 0.15) is 21.5 Å². The Morgan fingerprint density at radius 2 is 1.92 bits per heavy atom. The third kappa shape index (κ3) is 3.35. The predicted molar refractivity (Wildman–Crippen MR) is 97.6 cm³/mol. The Hall–Kier alpha value is -3.21. The first kappa shape index (κ1) is 15.3. The lowest BCUT2D eigenvalue weighted by molar-refractivity contribution is 0.102. The zero-order valence-electron chi connectivity index (χ0n) is 13.7. The molecule has 1 N–H and O–H groups in total. The number of carbonyl (C=O) groups is 1. The molecule has 1 aromatic carbocycles.